The number of hydrogen-bond donors (Lipinski definition) is 3. The van der Waals surface area contributed by atoms with E-state index in [0.29, 0.717) is 59.4 Å². The molecule has 0 saturated carbocycles. The third-order valence-corrected chi connectivity index (χ3v) is 8.03. The van der Waals surface area contributed by atoms with Gasteiger partial charge in [0.15, 0.2) is 11.5 Å². The van der Waals surface area contributed by atoms with Crippen molar-refractivity contribution in [2.45, 2.75) is 45.1 Å². The van der Waals surface area contributed by atoms with Crippen molar-refractivity contribution in [1.82, 2.24) is 9.80 Å². The summed E-state index contributed by atoms with van der Waals surface area (Å²) in [6, 6.07) is 14.3. The number of hydrogen-bond acceptors (Lipinski definition) is 7. The molecule has 0 spiro atoms. The van der Waals surface area contributed by atoms with Gasteiger partial charge in [-0.2, -0.15) is 13.2 Å². The van der Waals surface area contributed by atoms with E-state index in [1.807, 2.05) is 18.9 Å². The minimum absolute atomic E-state index is 0.0141. The van der Waals surface area contributed by atoms with Gasteiger partial charge in [0.05, 0.1) is 24.6 Å². The Bertz CT molecular complexity index is 1550. The van der Waals surface area contributed by atoms with Gasteiger partial charge in [0.1, 0.15) is 11.9 Å². The summed E-state index contributed by atoms with van der Waals surface area (Å²) in [5, 5.41) is 15.5. The smallest absolute Gasteiger partial charge is 0.416 e. The summed E-state index contributed by atoms with van der Waals surface area (Å²) in [4.78, 5) is 29.9. The van der Waals surface area contributed by atoms with Crippen molar-refractivity contribution >= 4 is 23.3 Å². The molecule has 2 heterocycles. The van der Waals surface area contributed by atoms with Gasteiger partial charge in [-0.3, -0.25) is 9.69 Å². The van der Waals surface area contributed by atoms with Crippen LogP contribution in [-0.2, 0) is 23.9 Å². The molecule has 3 aromatic carbocycles. The summed E-state index contributed by atoms with van der Waals surface area (Å²) in [6.45, 7) is 4.76. The molecule has 0 aromatic heterocycles. The van der Waals surface area contributed by atoms with Gasteiger partial charge in [-0.15, -0.1) is 0 Å². The lowest BCUT2D eigenvalue weighted by atomic mass is 10.0. The number of halogens is 3. The number of rotatable bonds is 8. The van der Waals surface area contributed by atoms with Crippen LogP contribution >= 0.6 is 0 Å². The molecule has 0 saturated heterocycles. The summed E-state index contributed by atoms with van der Waals surface area (Å²) in [6.07, 6.45) is -4.83. The van der Waals surface area contributed by atoms with Crippen molar-refractivity contribution < 1.29 is 42.1 Å². The first-order valence-electron chi connectivity index (χ1n) is 14.9. The van der Waals surface area contributed by atoms with Gasteiger partial charge in [-0.05, 0) is 62.0 Å². The van der Waals surface area contributed by atoms with Gasteiger partial charge in [-0.25, -0.2) is 4.79 Å². The van der Waals surface area contributed by atoms with Crippen molar-refractivity contribution in [2.75, 3.05) is 44.2 Å². The molecule has 3 aromatic rings. The quantitative estimate of drug-likeness (QED) is 0.303. The number of nitrogens with one attached hydrogen (secondary N) is 2. The lowest BCUT2D eigenvalue weighted by molar-refractivity contribution is -0.137. The monoisotopic (exact) mass is 642 g/mol. The molecule has 0 unspecified atom stereocenters. The fraction of sp³-hybridized carbons (Fsp3) is 0.394. The molecule has 3 N–H and O–H groups in total. The molecule has 3 atom stereocenters. The topological polar surface area (TPSA) is 113 Å². The van der Waals surface area contributed by atoms with Crippen LogP contribution in [0.5, 0.6) is 17.2 Å². The van der Waals surface area contributed by atoms with Gasteiger partial charge < -0.3 is 34.9 Å². The Balaban J connectivity index is 1.33. The average molecular weight is 643 g/mol. The Morgan fingerprint density at radius 1 is 1.02 bits per heavy atom. The molecule has 10 nitrogen and oxygen atoms in total. The maximum absolute atomic E-state index is 13.5. The first kappa shape index (κ1) is 32.9. The van der Waals surface area contributed by atoms with E-state index >= 15 is 0 Å². The summed E-state index contributed by atoms with van der Waals surface area (Å²) >= 11 is 0. The maximum Gasteiger partial charge on any atom is 0.416 e. The number of carbonyl (C=O) groups is 2. The van der Waals surface area contributed by atoms with Gasteiger partial charge in [0.2, 0.25) is 12.7 Å². The third-order valence-electron chi connectivity index (χ3n) is 8.03. The predicted molar refractivity (Wildman–Crippen MR) is 165 cm³/mol. The second kappa shape index (κ2) is 13.9. The van der Waals surface area contributed by atoms with E-state index in [9.17, 15) is 27.9 Å². The van der Waals surface area contributed by atoms with Gasteiger partial charge in [0, 0.05) is 48.6 Å². The summed E-state index contributed by atoms with van der Waals surface area (Å²) in [5.74, 6) is 1.24. The number of alkyl halides is 3. The number of likely N-dealkylation sites (N-methyl/N-ethyl adjacent to an activating group) is 1. The fourth-order valence-corrected chi connectivity index (χ4v) is 5.48. The zero-order valence-electron chi connectivity index (χ0n) is 25.8. The van der Waals surface area contributed by atoms with Crippen LogP contribution in [0.25, 0.3) is 0 Å². The van der Waals surface area contributed by atoms with Gasteiger partial charge >= 0.3 is 12.2 Å². The number of nitrogens with zero attached hydrogens (tertiary/aromatic N) is 2. The van der Waals surface area contributed by atoms with Crippen LogP contribution in [0.3, 0.4) is 0 Å². The molecule has 246 valence electrons. The van der Waals surface area contributed by atoms with E-state index < -0.39 is 29.9 Å². The largest absolute Gasteiger partial charge is 0.488 e. The Kier molecular flexibility index (Phi) is 9.92. The molecule has 0 fully saturated rings. The molecule has 0 radical (unpaired) electrons. The van der Waals surface area contributed by atoms with Crippen LogP contribution in [0.15, 0.2) is 60.7 Å². The van der Waals surface area contributed by atoms with E-state index in [-0.39, 0.29) is 31.6 Å². The van der Waals surface area contributed by atoms with Crippen LogP contribution in [0.4, 0.5) is 29.3 Å². The lowest BCUT2D eigenvalue weighted by Crippen LogP contribution is -2.47. The Hall–Kier alpha value is -4.49. The van der Waals surface area contributed by atoms with E-state index in [0.717, 1.165) is 12.1 Å². The van der Waals surface area contributed by atoms with E-state index in [4.69, 9.17) is 14.2 Å². The molecule has 13 heteroatoms. The molecular weight excluding hydrogens is 605 g/mol. The lowest BCUT2D eigenvalue weighted by Gasteiger charge is -2.34. The highest BCUT2D eigenvalue weighted by Gasteiger charge is 2.32. The zero-order valence-corrected chi connectivity index (χ0v) is 25.8. The third kappa shape index (κ3) is 8.01. The SMILES string of the molecule is C[C@H]1CN([C@@H](C)CO)C(=O)Cc2cc(NC(=O)Nc3ccc4c(c3)OCO4)ccc2O[C@H]1CN(C)Cc1ccc(C(F)(F)F)cc1. The molecule has 2 aliphatic rings. The highest BCUT2D eigenvalue weighted by atomic mass is 19.4. The second-order valence-electron chi connectivity index (χ2n) is 11.7. The predicted octanol–water partition coefficient (Wildman–Crippen LogP) is 5.36. The second-order valence-corrected chi connectivity index (χ2v) is 11.7. The first-order chi connectivity index (χ1) is 21.9. The van der Waals surface area contributed by atoms with Crippen molar-refractivity contribution in [3.05, 3.63) is 77.4 Å². The van der Waals surface area contributed by atoms with Crippen LogP contribution in [-0.4, -0.2) is 72.5 Å². The molecule has 0 bridgehead atoms. The zero-order chi connectivity index (χ0) is 33.0. The molecule has 2 aliphatic heterocycles. The van der Waals surface area contributed by atoms with Crippen molar-refractivity contribution in [3.63, 3.8) is 0 Å². The Morgan fingerprint density at radius 3 is 2.35 bits per heavy atom. The maximum atomic E-state index is 13.5. The number of ether oxygens (including phenoxy) is 3. The highest BCUT2D eigenvalue weighted by Crippen LogP contribution is 2.35. The first-order valence-corrected chi connectivity index (χ1v) is 14.9. The van der Waals surface area contributed by atoms with Crippen LogP contribution < -0.4 is 24.8 Å². The summed E-state index contributed by atoms with van der Waals surface area (Å²) < 4.78 is 56.2. The van der Waals surface area contributed by atoms with Crippen LogP contribution in [0, 0.1) is 5.92 Å². The van der Waals surface area contributed by atoms with Crippen LogP contribution in [0.1, 0.15) is 30.5 Å². The standard InChI is InChI=1S/C33H37F3N4O6/c1-20-15-40(21(2)18-41)31(42)13-23-12-25(37-32(43)38-26-9-11-28-29(14-26)45-19-44-28)8-10-27(23)46-30(20)17-39(3)16-22-4-6-24(7-5-22)33(34,35)36/h4-12,14,20-21,30,41H,13,15-19H2,1-3H3,(H2,37,38,43)/t20-,21-,30-/m0/s1. The molecule has 0 aliphatic carbocycles. The number of anilines is 2. The number of amides is 3. The van der Waals surface area contributed by atoms with Gasteiger partial charge in [-0.1, -0.05) is 19.1 Å². The number of carbonyl (C=O) groups excluding carboxylic acids is 2. The van der Waals surface area contributed by atoms with Crippen molar-refractivity contribution in [2.24, 2.45) is 5.92 Å². The van der Waals surface area contributed by atoms with E-state index in [1.165, 1.54) is 12.1 Å². The van der Waals surface area contributed by atoms with Crippen molar-refractivity contribution in [1.29, 1.82) is 0 Å². The summed E-state index contributed by atoms with van der Waals surface area (Å²) in [7, 11) is 1.85. The van der Waals surface area contributed by atoms with Gasteiger partial charge in [0.25, 0.3) is 0 Å². The normalized spacial score (nSPS) is 18.6. The minimum Gasteiger partial charge on any atom is -0.488 e. The highest BCUT2D eigenvalue weighted by molar-refractivity contribution is 6.00. The number of fused-ring (bicyclic) bond motifs is 2. The Morgan fingerprint density at radius 2 is 1.67 bits per heavy atom. The fourth-order valence-electron chi connectivity index (χ4n) is 5.48. The average Bonchev–Trinajstić information content (AvgIpc) is 3.48. The number of aliphatic hydroxyl groups is 1. The Labute approximate surface area is 265 Å². The van der Waals surface area contributed by atoms with E-state index in [2.05, 4.69) is 10.6 Å². The van der Waals surface area contributed by atoms with Crippen molar-refractivity contribution in [3.8, 4) is 17.2 Å². The molecule has 5 rings (SSSR count). The molecule has 46 heavy (non-hydrogen) atoms. The number of benzene rings is 3. The number of aliphatic hydroxyl groups excluding tert-OH is 1. The summed E-state index contributed by atoms with van der Waals surface area (Å²) in [5.41, 5.74) is 1.52. The minimum atomic E-state index is -4.40. The molecule has 3 amide bonds. The van der Waals surface area contributed by atoms with Crippen LogP contribution in [0.2, 0.25) is 0 Å². The van der Waals surface area contributed by atoms with E-state index in [1.54, 1.807) is 48.2 Å². The molecular formula is C33H37F3N4O6. The number of urea groups is 1.